The Morgan fingerprint density at radius 2 is 1.71 bits per heavy atom. The Morgan fingerprint density at radius 3 is 2.35 bits per heavy atom. The fourth-order valence-electron chi connectivity index (χ4n) is 1.55. The van der Waals surface area contributed by atoms with Crippen LogP contribution in [0, 0.1) is 0 Å². The van der Waals surface area contributed by atoms with Crippen LogP contribution in [0.25, 0.3) is 10.8 Å². The van der Waals surface area contributed by atoms with Gasteiger partial charge in [-0.05, 0) is 29.8 Å². The van der Waals surface area contributed by atoms with E-state index in [-0.39, 0.29) is 28.6 Å². The van der Waals surface area contributed by atoms with Crippen LogP contribution in [0.4, 0.5) is 0 Å². The molecule has 5 heteroatoms. The number of hydrogen-bond acceptors (Lipinski definition) is 3. The van der Waals surface area contributed by atoms with Crippen LogP contribution in [0.2, 0.25) is 0 Å². The van der Waals surface area contributed by atoms with Crippen LogP contribution < -0.4 is 0 Å². The number of hydrogen-bond donors (Lipinski definition) is 0. The molecule has 0 aliphatic heterocycles. The molecule has 0 bridgehead atoms. The van der Waals surface area contributed by atoms with Crippen molar-refractivity contribution >= 4 is 20.9 Å². The average Bonchev–Trinajstić information content (AvgIpc) is 2.28. The molecule has 0 radical (unpaired) electrons. The van der Waals surface area contributed by atoms with E-state index in [9.17, 15) is 8.42 Å². The standard InChI is InChI=1S/C12H12O3S.Fe/c1-2-15-16(13,14)12-8-7-10-5-3-4-6-11(10)9-12;/h3-9H,2H2,1H3;. The number of benzene rings is 2. The molecule has 2 aromatic carbocycles. The molecule has 0 heterocycles. The largest absolute Gasteiger partial charge is 0.296 e. The van der Waals surface area contributed by atoms with Crippen molar-refractivity contribution in [3.63, 3.8) is 0 Å². The van der Waals surface area contributed by atoms with Crippen LogP contribution in [0.5, 0.6) is 0 Å². The summed E-state index contributed by atoms with van der Waals surface area (Å²) in [5, 5.41) is 1.90. The molecule has 0 atom stereocenters. The second-order valence-electron chi connectivity index (χ2n) is 3.37. The molecule has 92 valence electrons. The van der Waals surface area contributed by atoms with Crippen LogP contribution in [-0.2, 0) is 31.4 Å². The van der Waals surface area contributed by atoms with Crippen molar-refractivity contribution in [2.24, 2.45) is 0 Å². The minimum absolute atomic E-state index is 0. The van der Waals surface area contributed by atoms with E-state index in [4.69, 9.17) is 4.18 Å². The van der Waals surface area contributed by atoms with Gasteiger partial charge in [0.05, 0.1) is 11.5 Å². The minimum Gasteiger partial charge on any atom is -0.267 e. The molecule has 0 aliphatic carbocycles. The molecule has 17 heavy (non-hydrogen) atoms. The van der Waals surface area contributed by atoms with Crippen molar-refractivity contribution in [1.29, 1.82) is 0 Å². The maximum atomic E-state index is 11.7. The first-order valence-electron chi connectivity index (χ1n) is 5.02. The third-order valence-electron chi connectivity index (χ3n) is 2.28. The zero-order chi connectivity index (χ0) is 11.6. The Kier molecular flexibility index (Phi) is 4.71. The van der Waals surface area contributed by atoms with Crippen molar-refractivity contribution in [3.8, 4) is 0 Å². The molecule has 2 aromatic rings. The monoisotopic (exact) mass is 292 g/mol. The first kappa shape index (κ1) is 14.2. The molecule has 0 saturated heterocycles. The Bertz CT molecular complexity index is 608. The van der Waals surface area contributed by atoms with Crippen LogP contribution in [0.3, 0.4) is 0 Å². The molecule has 0 spiro atoms. The summed E-state index contributed by atoms with van der Waals surface area (Å²) in [5.41, 5.74) is 0. The second kappa shape index (κ2) is 5.65. The van der Waals surface area contributed by atoms with Crippen molar-refractivity contribution < 1.29 is 29.7 Å². The summed E-state index contributed by atoms with van der Waals surface area (Å²) in [6, 6.07) is 12.6. The van der Waals surface area contributed by atoms with Gasteiger partial charge in [0.2, 0.25) is 0 Å². The van der Waals surface area contributed by atoms with Crippen molar-refractivity contribution in [1.82, 2.24) is 0 Å². The molecule has 3 nitrogen and oxygen atoms in total. The molecule has 0 fully saturated rings. The third-order valence-corrected chi connectivity index (χ3v) is 3.66. The van der Waals surface area contributed by atoms with Crippen molar-refractivity contribution in [2.45, 2.75) is 11.8 Å². The summed E-state index contributed by atoms with van der Waals surface area (Å²) in [6.45, 7) is 1.80. The van der Waals surface area contributed by atoms with E-state index in [2.05, 4.69) is 0 Å². The van der Waals surface area contributed by atoms with E-state index in [0.29, 0.717) is 0 Å². The van der Waals surface area contributed by atoms with Crippen molar-refractivity contribution in [2.75, 3.05) is 6.61 Å². The second-order valence-corrected chi connectivity index (χ2v) is 4.98. The van der Waals surface area contributed by atoms with Gasteiger partial charge in [-0.3, -0.25) is 4.18 Å². The van der Waals surface area contributed by atoms with Crippen LogP contribution >= 0.6 is 0 Å². The van der Waals surface area contributed by atoms with Gasteiger partial charge in [-0.1, -0.05) is 30.3 Å². The average molecular weight is 292 g/mol. The third kappa shape index (κ3) is 3.07. The Hall–Kier alpha value is -0.871. The maximum absolute atomic E-state index is 11.7. The van der Waals surface area contributed by atoms with Gasteiger partial charge in [-0.25, -0.2) is 0 Å². The Labute approximate surface area is 111 Å². The molecule has 0 amide bonds. The van der Waals surface area contributed by atoms with Gasteiger partial charge in [0.1, 0.15) is 0 Å². The van der Waals surface area contributed by atoms with Crippen molar-refractivity contribution in [3.05, 3.63) is 42.5 Å². The Morgan fingerprint density at radius 1 is 1.06 bits per heavy atom. The number of rotatable bonds is 3. The van der Waals surface area contributed by atoms with Crippen LogP contribution in [0.15, 0.2) is 47.4 Å². The fraction of sp³-hybridized carbons (Fsp3) is 0.167. The molecule has 0 N–H and O–H groups in total. The van der Waals surface area contributed by atoms with Gasteiger partial charge in [0.15, 0.2) is 0 Å². The molecule has 0 unspecified atom stereocenters. The van der Waals surface area contributed by atoms with Gasteiger partial charge >= 0.3 is 0 Å². The van der Waals surface area contributed by atoms with Gasteiger partial charge in [-0.2, -0.15) is 8.42 Å². The summed E-state index contributed by atoms with van der Waals surface area (Å²) >= 11 is 0. The van der Waals surface area contributed by atoms with E-state index in [1.54, 1.807) is 25.1 Å². The molecule has 2 rings (SSSR count). The number of fused-ring (bicyclic) bond motifs is 1. The maximum Gasteiger partial charge on any atom is 0.296 e. The van der Waals surface area contributed by atoms with Crippen LogP contribution in [0.1, 0.15) is 6.92 Å². The van der Waals surface area contributed by atoms with E-state index in [1.165, 1.54) is 0 Å². The van der Waals surface area contributed by atoms with E-state index in [0.717, 1.165) is 10.8 Å². The normalized spacial score (nSPS) is 11.1. The molecular weight excluding hydrogens is 280 g/mol. The smallest absolute Gasteiger partial charge is 0.267 e. The predicted molar refractivity (Wildman–Crippen MR) is 62.8 cm³/mol. The molecular formula is C12H12FeO3S. The zero-order valence-corrected chi connectivity index (χ0v) is 11.2. The summed E-state index contributed by atoms with van der Waals surface area (Å²) < 4.78 is 28.0. The van der Waals surface area contributed by atoms with E-state index < -0.39 is 10.1 Å². The van der Waals surface area contributed by atoms with Gasteiger partial charge in [-0.15, -0.1) is 0 Å². The zero-order valence-electron chi connectivity index (χ0n) is 9.24. The van der Waals surface area contributed by atoms with E-state index >= 15 is 0 Å². The molecule has 0 saturated carbocycles. The van der Waals surface area contributed by atoms with Gasteiger partial charge in [0, 0.05) is 17.1 Å². The summed E-state index contributed by atoms with van der Waals surface area (Å²) in [6.07, 6.45) is 0. The topological polar surface area (TPSA) is 43.4 Å². The fourth-order valence-corrected chi connectivity index (χ4v) is 2.50. The van der Waals surface area contributed by atoms with E-state index in [1.807, 2.05) is 24.3 Å². The summed E-state index contributed by atoms with van der Waals surface area (Å²) in [4.78, 5) is 0.202. The molecule has 0 aliphatic rings. The SMILES string of the molecule is CCOS(=O)(=O)c1ccc2ccccc2c1.[Fe]. The summed E-state index contributed by atoms with van der Waals surface area (Å²) in [5.74, 6) is 0. The predicted octanol–water partition coefficient (Wildman–Crippen LogP) is 2.56. The first-order chi connectivity index (χ1) is 7.63. The first-order valence-corrected chi connectivity index (χ1v) is 6.42. The quantitative estimate of drug-likeness (QED) is 0.645. The van der Waals surface area contributed by atoms with Gasteiger partial charge < -0.3 is 0 Å². The van der Waals surface area contributed by atoms with Gasteiger partial charge in [0.25, 0.3) is 10.1 Å². The Balaban J connectivity index is 0.00000144. The molecule has 0 aromatic heterocycles. The van der Waals surface area contributed by atoms with Crippen LogP contribution in [-0.4, -0.2) is 15.0 Å². The summed E-state index contributed by atoms with van der Waals surface area (Å²) in [7, 11) is -3.60. The minimum atomic E-state index is -3.60.